The normalized spacial score (nSPS) is 21.6. The van der Waals surface area contributed by atoms with Crippen LogP contribution in [0.3, 0.4) is 0 Å². The Labute approximate surface area is 181 Å². The van der Waals surface area contributed by atoms with E-state index >= 15 is 0 Å². The highest BCUT2D eigenvalue weighted by Crippen LogP contribution is 2.45. The van der Waals surface area contributed by atoms with Crippen LogP contribution in [0.4, 0.5) is 4.39 Å². The first kappa shape index (κ1) is 19.9. The van der Waals surface area contributed by atoms with Gasteiger partial charge in [0, 0.05) is 36.2 Å². The van der Waals surface area contributed by atoms with E-state index in [-0.39, 0.29) is 11.9 Å². The second kappa shape index (κ2) is 7.61. The first-order valence-electron chi connectivity index (χ1n) is 10.7. The molecule has 0 saturated carbocycles. The largest absolute Gasteiger partial charge is 0.385 e. The monoisotopic (exact) mass is 419 g/mol. The first-order valence-corrected chi connectivity index (χ1v) is 10.7. The molecule has 3 aliphatic rings. The van der Waals surface area contributed by atoms with Gasteiger partial charge in [-0.2, -0.15) is 0 Å². The second-order valence-corrected chi connectivity index (χ2v) is 8.53. The molecule has 6 heteroatoms. The molecule has 0 saturated heterocycles. The number of fused-ring (bicyclic) bond motifs is 2. The minimum atomic E-state index is -0.205. The Morgan fingerprint density at radius 1 is 1.32 bits per heavy atom. The number of carbonyl (C=O) groups is 1. The van der Waals surface area contributed by atoms with E-state index in [0.29, 0.717) is 30.7 Å². The standard InChI is InChI=1S/C25H26FN3O2/c1-4-27-20-6-5-17-14(2)19(26)10-21-23(17)24(20)18-11-29(3)22(25(18)28-21)9-15-7-8-31-13-16(15)12-30/h4,9-10,12,20,27H,1,5-8,11,13H2,2-3H3/b22-9-. The van der Waals surface area contributed by atoms with Crippen LogP contribution in [0.5, 0.6) is 0 Å². The SMILES string of the molecule is C=CNC1CCc2c(C)c(F)cc3nc4c(c1c23)CN(C)/C4=C\C1=C(C=O)COCC1. The molecule has 160 valence electrons. The van der Waals surface area contributed by atoms with Gasteiger partial charge < -0.3 is 15.0 Å². The van der Waals surface area contributed by atoms with Crippen LogP contribution in [0.2, 0.25) is 0 Å². The van der Waals surface area contributed by atoms with Gasteiger partial charge in [0.2, 0.25) is 0 Å². The molecule has 1 aromatic heterocycles. The molecule has 2 aliphatic heterocycles. The van der Waals surface area contributed by atoms with Crippen LogP contribution in [0, 0.1) is 12.7 Å². The lowest BCUT2D eigenvalue weighted by molar-refractivity contribution is -0.105. The van der Waals surface area contributed by atoms with Crippen LogP contribution in [-0.4, -0.2) is 36.4 Å². The molecule has 5 nitrogen and oxygen atoms in total. The molecular formula is C25H26FN3O2. The number of aldehydes is 1. The van der Waals surface area contributed by atoms with Crippen molar-refractivity contribution in [3.63, 3.8) is 0 Å². The lowest BCUT2D eigenvalue weighted by Crippen LogP contribution is -2.23. The molecule has 1 N–H and O–H groups in total. The molecule has 1 aromatic carbocycles. The summed E-state index contributed by atoms with van der Waals surface area (Å²) in [6, 6.07) is 1.68. The molecule has 2 aromatic rings. The van der Waals surface area contributed by atoms with Gasteiger partial charge in [-0.15, -0.1) is 0 Å². The average molecular weight is 420 g/mol. The summed E-state index contributed by atoms with van der Waals surface area (Å²) in [6.07, 6.45) is 7.08. The van der Waals surface area contributed by atoms with Crippen molar-refractivity contribution in [2.45, 2.75) is 38.8 Å². The highest BCUT2D eigenvalue weighted by Gasteiger charge is 2.34. The quantitative estimate of drug-likeness (QED) is 0.756. The zero-order chi connectivity index (χ0) is 21.7. The Morgan fingerprint density at radius 2 is 2.16 bits per heavy atom. The van der Waals surface area contributed by atoms with E-state index in [1.807, 2.05) is 14.0 Å². The number of carbonyl (C=O) groups excluding carboxylic acids is 1. The van der Waals surface area contributed by atoms with Gasteiger partial charge in [-0.1, -0.05) is 6.58 Å². The van der Waals surface area contributed by atoms with Gasteiger partial charge in [0.05, 0.1) is 36.2 Å². The van der Waals surface area contributed by atoms with Gasteiger partial charge in [0.25, 0.3) is 0 Å². The predicted molar refractivity (Wildman–Crippen MR) is 119 cm³/mol. The van der Waals surface area contributed by atoms with Crippen molar-refractivity contribution in [2.75, 3.05) is 20.3 Å². The molecular weight excluding hydrogens is 393 g/mol. The van der Waals surface area contributed by atoms with Crippen LogP contribution < -0.4 is 5.32 Å². The summed E-state index contributed by atoms with van der Waals surface area (Å²) in [5.74, 6) is -0.205. The molecule has 1 aliphatic carbocycles. The lowest BCUT2D eigenvalue weighted by Gasteiger charge is -2.29. The number of halogens is 1. The van der Waals surface area contributed by atoms with Crippen molar-refractivity contribution in [3.05, 3.63) is 69.8 Å². The zero-order valence-electron chi connectivity index (χ0n) is 17.9. The molecule has 3 heterocycles. The van der Waals surface area contributed by atoms with E-state index in [1.165, 1.54) is 11.1 Å². The fourth-order valence-electron chi connectivity index (χ4n) is 5.19. The van der Waals surface area contributed by atoms with E-state index in [4.69, 9.17) is 9.72 Å². The minimum absolute atomic E-state index is 0.120. The number of aryl methyl sites for hydroxylation is 1. The number of ether oxygens (including phenoxy) is 1. The van der Waals surface area contributed by atoms with E-state index < -0.39 is 0 Å². The van der Waals surface area contributed by atoms with Crippen molar-refractivity contribution in [1.29, 1.82) is 0 Å². The van der Waals surface area contributed by atoms with Gasteiger partial charge in [-0.05, 0) is 60.7 Å². The second-order valence-electron chi connectivity index (χ2n) is 8.53. The first-order chi connectivity index (χ1) is 15.0. The number of pyridine rings is 1. The summed E-state index contributed by atoms with van der Waals surface area (Å²) in [5, 5.41) is 4.49. The minimum Gasteiger partial charge on any atom is -0.385 e. The summed E-state index contributed by atoms with van der Waals surface area (Å²) >= 11 is 0. The summed E-state index contributed by atoms with van der Waals surface area (Å²) < 4.78 is 20.2. The number of nitrogens with zero attached hydrogens (tertiary/aromatic N) is 2. The number of hydrogen-bond acceptors (Lipinski definition) is 5. The fraction of sp³-hybridized carbons (Fsp3) is 0.360. The van der Waals surface area contributed by atoms with Gasteiger partial charge >= 0.3 is 0 Å². The molecule has 31 heavy (non-hydrogen) atoms. The lowest BCUT2D eigenvalue weighted by atomic mass is 9.82. The van der Waals surface area contributed by atoms with Gasteiger partial charge in [0.15, 0.2) is 0 Å². The fourth-order valence-corrected chi connectivity index (χ4v) is 5.19. The maximum atomic E-state index is 14.7. The molecule has 0 spiro atoms. The van der Waals surface area contributed by atoms with Crippen molar-refractivity contribution in [2.24, 2.45) is 0 Å². The van der Waals surface area contributed by atoms with E-state index in [0.717, 1.165) is 59.1 Å². The number of nitrogens with one attached hydrogen (secondary N) is 1. The molecule has 0 bridgehead atoms. The van der Waals surface area contributed by atoms with Crippen LogP contribution in [-0.2, 0) is 22.5 Å². The molecule has 0 radical (unpaired) electrons. The zero-order valence-corrected chi connectivity index (χ0v) is 17.9. The topological polar surface area (TPSA) is 54.5 Å². The number of allylic oxidation sites excluding steroid dienone is 1. The third-order valence-electron chi connectivity index (χ3n) is 6.78. The number of benzene rings is 1. The van der Waals surface area contributed by atoms with Crippen molar-refractivity contribution < 1.29 is 13.9 Å². The van der Waals surface area contributed by atoms with Gasteiger partial charge in [-0.3, -0.25) is 4.79 Å². The summed E-state index contributed by atoms with van der Waals surface area (Å²) in [6.45, 7) is 7.39. The Balaban J connectivity index is 1.78. The van der Waals surface area contributed by atoms with Gasteiger partial charge in [0.1, 0.15) is 12.1 Å². The highest BCUT2D eigenvalue weighted by atomic mass is 19.1. The molecule has 5 rings (SSSR count). The van der Waals surface area contributed by atoms with Gasteiger partial charge in [-0.25, -0.2) is 9.37 Å². The predicted octanol–water partition coefficient (Wildman–Crippen LogP) is 4.10. The van der Waals surface area contributed by atoms with Crippen LogP contribution in [0.1, 0.15) is 46.8 Å². The van der Waals surface area contributed by atoms with Crippen LogP contribution in [0.25, 0.3) is 16.6 Å². The van der Waals surface area contributed by atoms with E-state index in [9.17, 15) is 9.18 Å². The van der Waals surface area contributed by atoms with Crippen LogP contribution in [0.15, 0.2) is 36.1 Å². The average Bonchev–Trinajstić information content (AvgIpc) is 3.08. The van der Waals surface area contributed by atoms with Crippen molar-refractivity contribution in [3.8, 4) is 0 Å². The van der Waals surface area contributed by atoms with Crippen molar-refractivity contribution >= 4 is 22.9 Å². The number of hydrogen-bond donors (Lipinski definition) is 1. The third-order valence-corrected chi connectivity index (χ3v) is 6.78. The van der Waals surface area contributed by atoms with Crippen molar-refractivity contribution in [1.82, 2.24) is 15.2 Å². The molecule has 0 fully saturated rings. The number of rotatable bonds is 4. The van der Waals surface area contributed by atoms with E-state index in [1.54, 1.807) is 12.3 Å². The summed E-state index contributed by atoms with van der Waals surface area (Å²) in [7, 11) is 2.04. The van der Waals surface area contributed by atoms with E-state index in [2.05, 4.69) is 22.9 Å². The highest BCUT2D eigenvalue weighted by molar-refractivity contribution is 5.92. The molecule has 1 unspecified atom stereocenters. The Kier molecular flexibility index (Phi) is 4.89. The maximum Gasteiger partial charge on any atom is 0.148 e. The maximum absolute atomic E-state index is 14.7. The molecule has 0 amide bonds. The smallest absolute Gasteiger partial charge is 0.148 e. The number of aromatic nitrogens is 1. The Morgan fingerprint density at radius 3 is 2.94 bits per heavy atom. The van der Waals surface area contributed by atoms with Crippen LogP contribution >= 0.6 is 0 Å². The third kappa shape index (κ3) is 3.08. The molecule has 1 atom stereocenters. The Hall–Kier alpha value is -2.99. The summed E-state index contributed by atoms with van der Waals surface area (Å²) in [4.78, 5) is 18.6. The Bertz CT molecular complexity index is 1180. The summed E-state index contributed by atoms with van der Waals surface area (Å²) in [5.41, 5.74) is 8.37.